The lowest BCUT2D eigenvalue weighted by Crippen LogP contribution is -2.43. The van der Waals surface area contributed by atoms with E-state index in [0.717, 1.165) is 17.6 Å². The van der Waals surface area contributed by atoms with Gasteiger partial charge in [-0.25, -0.2) is 0 Å². The molecular formula is C27H53N2Si+. The van der Waals surface area contributed by atoms with Crippen molar-refractivity contribution in [1.82, 2.24) is 5.32 Å². The van der Waals surface area contributed by atoms with Gasteiger partial charge in [-0.1, -0.05) is 120 Å². The van der Waals surface area contributed by atoms with Crippen LogP contribution in [-0.2, 0) is 6.54 Å². The molecule has 0 fully saturated rings. The molecule has 1 aromatic rings. The Morgan fingerprint density at radius 3 is 1.60 bits per heavy atom. The average molecular weight is 434 g/mol. The maximum atomic E-state index is 3.66. The lowest BCUT2D eigenvalue weighted by Gasteiger charge is -2.30. The standard InChI is InChI=1S/C27H53N2Si/c1-29(2,26-27-20-16-15-17-21-27)24-23-28-22-18-13-11-9-7-5-3-4-6-8-10-12-14-19-25-30/h15-17,20-21,28H,3-14,18-19,22-26H2,1-2,30H3/q+1. The normalized spacial score (nSPS) is 11.9. The molecule has 0 aliphatic rings. The fourth-order valence-corrected chi connectivity index (χ4v) is 4.78. The zero-order valence-electron chi connectivity index (χ0n) is 20.8. The van der Waals surface area contributed by atoms with E-state index in [0.29, 0.717) is 0 Å². The predicted molar refractivity (Wildman–Crippen MR) is 139 cm³/mol. The van der Waals surface area contributed by atoms with Crippen molar-refractivity contribution in [3.05, 3.63) is 35.9 Å². The van der Waals surface area contributed by atoms with Gasteiger partial charge < -0.3 is 9.80 Å². The molecule has 0 radical (unpaired) electrons. The minimum absolute atomic E-state index is 1.05. The fraction of sp³-hybridized carbons (Fsp3) is 0.778. The van der Waals surface area contributed by atoms with E-state index in [1.165, 1.54) is 125 Å². The van der Waals surface area contributed by atoms with Gasteiger partial charge in [0.25, 0.3) is 0 Å². The molecule has 0 spiro atoms. The number of nitrogens with zero attached hydrogens (tertiary/aromatic N) is 1. The molecule has 1 rings (SSSR count). The number of rotatable bonds is 21. The first-order chi connectivity index (χ1) is 14.6. The summed E-state index contributed by atoms with van der Waals surface area (Å²) >= 11 is 0. The van der Waals surface area contributed by atoms with Crippen molar-refractivity contribution in [2.45, 2.75) is 102 Å². The summed E-state index contributed by atoms with van der Waals surface area (Å²) in [5, 5.41) is 3.66. The fourth-order valence-electron chi connectivity index (χ4n) is 4.28. The molecule has 3 heteroatoms. The van der Waals surface area contributed by atoms with Gasteiger partial charge in [0.05, 0.1) is 20.6 Å². The quantitative estimate of drug-likeness (QED) is 0.140. The van der Waals surface area contributed by atoms with Crippen molar-refractivity contribution < 1.29 is 4.48 Å². The van der Waals surface area contributed by atoms with Crippen molar-refractivity contribution in [2.24, 2.45) is 0 Å². The first-order valence-electron chi connectivity index (χ1n) is 13.2. The van der Waals surface area contributed by atoms with Crippen molar-refractivity contribution in [3.63, 3.8) is 0 Å². The third kappa shape index (κ3) is 17.1. The van der Waals surface area contributed by atoms with Crippen LogP contribution in [0.15, 0.2) is 30.3 Å². The Labute approximate surface area is 192 Å². The van der Waals surface area contributed by atoms with Gasteiger partial charge in [-0.2, -0.15) is 0 Å². The highest BCUT2D eigenvalue weighted by atomic mass is 28.1. The molecule has 0 atom stereocenters. The number of hydrogen-bond acceptors (Lipinski definition) is 1. The van der Waals surface area contributed by atoms with Gasteiger partial charge in [0.15, 0.2) is 0 Å². The Morgan fingerprint density at radius 1 is 0.633 bits per heavy atom. The Balaban J connectivity index is 1.79. The topological polar surface area (TPSA) is 12.0 Å². The van der Waals surface area contributed by atoms with Crippen LogP contribution in [0.25, 0.3) is 0 Å². The second-order valence-corrected chi connectivity index (χ2v) is 11.0. The lowest BCUT2D eigenvalue weighted by atomic mass is 10.0. The van der Waals surface area contributed by atoms with Gasteiger partial charge in [-0.15, -0.1) is 0 Å². The number of quaternary nitrogens is 1. The molecule has 0 saturated carbocycles. The monoisotopic (exact) mass is 433 g/mol. The molecule has 0 saturated heterocycles. The molecule has 0 aliphatic carbocycles. The summed E-state index contributed by atoms with van der Waals surface area (Å²) in [4.78, 5) is 0. The molecule has 0 bridgehead atoms. The molecule has 0 heterocycles. The Bertz CT molecular complexity index is 475. The summed E-state index contributed by atoms with van der Waals surface area (Å²) in [7, 11) is 6.07. The molecule has 0 aliphatic heterocycles. The van der Waals surface area contributed by atoms with E-state index in [9.17, 15) is 0 Å². The van der Waals surface area contributed by atoms with Gasteiger partial charge in [0, 0.05) is 22.4 Å². The van der Waals surface area contributed by atoms with Crippen molar-refractivity contribution in [3.8, 4) is 0 Å². The first-order valence-corrected chi connectivity index (χ1v) is 14.6. The molecule has 0 unspecified atom stereocenters. The van der Waals surface area contributed by atoms with E-state index < -0.39 is 0 Å². The van der Waals surface area contributed by atoms with Crippen molar-refractivity contribution in [2.75, 3.05) is 33.7 Å². The van der Waals surface area contributed by atoms with Crippen LogP contribution < -0.4 is 5.32 Å². The molecular weight excluding hydrogens is 380 g/mol. The predicted octanol–water partition coefficient (Wildman–Crippen LogP) is 6.10. The largest absolute Gasteiger partial charge is 0.324 e. The molecule has 0 amide bonds. The highest BCUT2D eigenvalue weighted by Gasteiger charge is 2.14. The van der Waals surface area contributed by atoms with E-state index in [4.69, 9.17) is 0 Å². The van der Waals surface area contributed by atoms with Gasteiger partial charge in [0.2, 0.25) is 0 Å². The maximum absolute atomic E-state index is 3.66. The van der Waals surface area contributed by atoms with Crippen LogP contribution in [0.2, 0.25) is 6.04 Å². The van der Waals surface area contributed by atoms with E-state index in [1.807, 2.05) is 0 Å². The smallest absolute Gasteiger partial charge is 0.104 e. The number of hydrogen-bond donors (Lipinski definition) is 1. The summed E-state index contributed by atoms with van der Waals surface area (Å²) in [6.45, 7) is 4.61. The third-order valence-corrected chi connectivity index (χ3v) is 7.01. The third-order valence-electron chi connectivity index (χ3n) is 6.30. The summed E-state index contributed by atoms with van der Waals surface area (Å²) in [6.07, 6.45) is 20.4. The summed E-state index contributed by atoms with van der Waals surface area (Å²) in [6, 6.07) is 12.4. The molecule has 30 heavy (non-hydrogen) atoms. The summed E-state index contributed by atoms with van der Waals surface area (Å²) in [5.74, 6) is 0. The average Bonchev–Trinajstić information content (AvgIpc) is 2.73. The van der Waals surface area contributed by atoms with Crippen LogP contribution in [0, 0.1) is 0 Å². The van der Waals surface area contributed by atoms with E-state index in [1.54, 1.807) is 0 Å². The minimum Gasteiger partial charge on any atom is -0.324 e. The van der Waals surface area contributed by atoms with E-state index >= 15 is 0 Å². The van der Waals surface area contributed by atoms with Gasteiger partial charge >= 0.3 is 0 Å². The molecule has 1 N–H and O–H groups in total. The van der Waals surface area contributed by atoms with Crippen molar-refractivity contribution >= 4 is 10.2 Å². The van der Waals surface area contributed by atoms with Gasteiger partial charge in [-0.05, 0) is 13.0 Å². The summed E-state index contributed by atoms with van der Waals surface area (Å²) < 4.78 is 1.05. The number of unbranched alkanes of at least 4 members (excludes halogenated alkanes) is 13. The second kappa shape index (κ2) is 19.1. The molecule has 174 valence electrons. The molecule has 2 nitrogen and oxygen atoms in total. The van der Waals surface area contributed by atoms with Crippen LogP contribution in [-0.4, -0.2) is 48.5 Å². The van der Waals surface area contributed by atoms with Crippen LogP contribution in [0.1, 0.15) is 95.5 Å². The SMILES string of the molecule is C[N+](C)(CCNCCCCCCCCCCCCCCCC[SiH3])Cc1ccccc1. The minimum atomic E-state index is 1.05. The van der Waals surface area contributed by atoms with E-state index in [-0.39, 0.29) is 0 Å². The Kier molecular flexibility index (Phi) is 17.4. The van der Waals surface area contributed by atoms with Crippen LogP contribution in [0.3, 0.4) is 0 Å². The van der Waals surface area contributed by atoms with Crippen LogP contribution >= 0.6 is 0 Å². The number of benzene rings is 1. The Hall–Kier alpha value is -0.643. The number of likely N-dealkylation sites (N-methyl/N-ethyl adjacent to an activating group) is 1. The highest BCUT2D eigenvalue weighted by Crippen LogP contribution is 2.13. The maximum Gasteiger partial charge on any atom is 0.104 e. The molecule has 0 aromatic heterocycles. The summed E-state index contributed by atoms with van der Waals surface area (Å²) in [5.41, 5.74) is 1.44. The first kappa shape index (κ1) is 27.4. The zero-order valence-corrected chi connectivity index (χ0v) is 22.8. The zero-order chi connectivity index (χ0) is 21.8. The van der Waals surface area contributed by atoms with Crippen LogP contribution in [0.4, 0.5) is 0 Å². The number of nitrogens with one attached hydrogen (secondary N) is 1. The lowest BCUT2D eigenvalue weighted by molar-refractivity contribution is -0.902. The van der Waals surface area contributed by atoms with Gasteiger partial charge in [-0.3, -0.25) is 0 Å². The van der Waals surface area contributed by atoms with Gasteiger partial charge in [0.1, 0.15) is 6.54 Å². The molecule has 1 aromatic carbocycles. The highest BCUT2D eigenvalue weighted by molar-refractivity contribution is 6.08. The Morgan fingerprint density at radius 2 is 1.10 bits per heavy atom. The van der Waals surface area contributed by atoms with Crippen LogP contribution in [0.5, 0.6) is 0 Å². The second-order valence-electron chi connectivity index (χ2n) is 10.0. The van der Waals surface area contributed by atoms with Crippen molar-refractivity contribution in [1.29, 1.82) is 0 Å². The van der Waals surface area contributed by atoms with E-state index in [2.05, 4.69) is 49.7 Å².